The van der Waals surface area contributed by atoms with Crippen molar-refractivity contribution in [2.24, 2.45) is 5.41 Å². The maximum Gasteiger partial charge on any atom is 0.269 e. The van der Waals surface area contributed by atoms with Crippen molar-refractivity contribution in [1.29, 1.82) is 0 Å². The van der Waals surface area contributed by atoms with Crippen molar-refractivity contribution in [2.75, 3.05) is 18.0 Å². The van der Waals surface area contributed by atoms with Gasteiger partial charge in [-0.25, -0.2) is 0 Å². The molecule has 0 aromatic heterocycles. The van der Waals surface area contributed by atoms with Crippen LogP contribution < -0.4 is 4.90 Å². The van der Waals surface area contributed by atoms with Crippen LogP contribution in [0.2, 0.25) is 0 Å². The minimum Gasteiger partial charge on any atom is -0.329 e. The summed E-state index contributed by atoms with van der Waals surface area (Å²) in [5, 5.41) is 10.7. The van der Waals surface area contributed by atoms with E-state index >= 15 is 0 Å². The Balaban J connectivity index is 2.12. The van der Waals surface area contributed by atoms with E-state index in [2.05, 4.69) is 0 Å². The number of non-ortho nitro benzene ring substituents is 1. The number of hydrogen-bond acceptors (Lipinski definition) is 4. The fourth-order valence-corrected chi connectivity index (χ4v) is 2.78. The molecule has 0 aliphatic carbocycles. The van der Waals surface area contributed by atoms with Crippen molar-refractivity contribution in [3.63, 3.8) is 0 Å². The van der Waals surface area contributed by atoms with Gasteiger partial charge < -0.3 is 9.80 Å². The van der Waals surface area contributed by atoms with E-state index in [9.17, 15) is 19.7 Å². The number of amides is 2. The molecule has 0 spiro atoms. The first-order valence-corrected chi connectivity index (χ1v) is 7.95. The predicted octanol–water partition coefficient (Wildman–Crippen LogP) is 2.59. The Morgan fingerprint density at radius 1 is 1.25 bits per heavy atom. The molecular formula is C17H23N3O4. The average Bonchev–Trinajstić information content (AvgIpc) is 2.48. The van der Waals surface area contributed by atoms with Crippen molar-refractivity contribution in [3.05, 3.63) is 34.4 Å². The van der Waals surface area contributed by atoms with E-state index in [1.807, 2.05) is 20.8 Å². The van der Waals surface area contributed by atoms with E-state index in [1.54, 1.807) is 28.9 Å². The minimum atomic E-state index is -0.538. The summed E-state index contributed by atoms with van der Waals surface area (Å²) < 4.78 is 0. The number of anilines is 1. The number of nitro benzene ring substituents is 1. The molecule has 1 aliphatic rings. The number of hydrogen-bond donors (Lipinski definition) is 0. The Labute approximate surface area is 141 Å². The lowest BCUT2D eigenvalue weighted by Gasteiger charge is -2.40. The summed E-state index contributed by atoms with van der Waals surface area (Å²) in [6, 6.07) is 5.35. The van der Waals surface area contributed by atoms with Gasteiger partial charge in [0, 0.05) is 37.3 Å². The van der Waals surface area contributed by atoms with Crippen molar-refractivity contribution in [1.82, 2.24) is 4.90 Å². The molecule has 1 aromatic rings. The third-order valence-corrected chi connectivity index (χ3v) is 4.03. The van der Waals surface area contributed by atoms with Gasteiger partial charge in [-0.05, 0) is 24.5 Å². The predicted molar refractivity (Wildman–Crippen MR) is 90.7 cm³/mol. The first-order valence-electron chi connectivity index (χ1n) is 7.95. The second-order valence-electron chi connectivity index (χ2n) is 7.26. The van der Waals surface area contributed by atoms with Crippen LogP contribution in [0.25, 0.3) is 0 Å². The fourth-order valence-electron chi connectivity index (χ4n) is 2.78. The molecule has 1 saturated heterocycles. The number of carbonyl (C=O) groups excluding carboxylic acids is 2. The summed E-state index contributed by atoms with van der Waals surface area (Å²) in [6.07, 6.45) is 0.391. The van der Waals surface area contributed by atoms with Crippen LogP contribution in [0.3, 0.4) is 0 Å². The first-order chi connectivity index (χ1) is 11.1. The molecule has 130 valence electrons. The molecule has 0 saturated carbocycles. The van der Waals surface area contributed by atoms with Crippen LogP contribution in [0.15, 0.2) is 24.3 Å². The van der Waals surface area contributed by atoms with Gasteiger partial charge in [0.05, 0.1) is 4.92 Å². The standard InChI is InChI=1S/C17H23N3O4/c1-12-16(22)19(13-5-7-14(8-6-13)20(23)24)10-9-18(12)15(21)11-17(2,3)4/h5-8,12H,9-11H2,1-4H3/t12-/m1/s1. The van der Waals surface area contributed by atoms with E-state index in [-0.39, 0.29) is 22.9 Å². The molecule has 0 unspecified atom stereocenters. The molecule has 24 heavy (non-hydrogen) atoms. The largest absolute Gasteiger partial charge is 0.329 e. The molecule has 1 aliphatic heterocycles. The van der Waals surface area contributed by atoms with Crippen LogP contribution in [0, 0.1) is 15.5 Å². The Bertz CT molecular complexity index is 649. The van der Waals surface area contributed by atoms with E-state index < -0.39 is 11.0 Å². The Morgan fingerprint density at radius 2 is 1.83 bits per heavy atom. The molecular weight excluding hydrogens is 310 g/mol. The summed E-state index contributed by atoms with van der Waals surface area (Å²) in [5.41, 5.74) is 0.466. The molecule has 0 N–H and O–H groups in total. The van der Waals surface area contributed by atoms with Crippen LogP contribution in [-0.4, -0.2) is 40.8 Å². The summed E-state index contributed by atoms with van der Waals surface area (Å²) in [4.78, 5) is 38.5. The number of benzene rings is 1. The van der Waals surface area contributed by atoms with Crippen LogP contribution in [0.1, 0.15) is 34.1 Å². The Morgan fingerprint density at radius 3 is 2.33 bits per heavy atom. The van der Waals surface area contributed by atoms with Crippen LogP contribution in [0.4, 0.5) is 11.4 Å². The van der Waals surface area contributed by atoms with E-state index in [0.29, 0.717) is 25.2 Å². The maximum atomic E-state index is 12.6. The van der Waals surface area contributed by atoms with Crippen LogP contribution in [0.5, 0.6) is 0 Å². The van der Waals surface area contributed by atoms with Crippen molar-refractivity contribution >= 4 is 23.2 Å². The highest BCUT2D eigenvalue weighted by atomic mass is 16.6. The zero-order valence-electron chi connectivity index (χ0n) is 14.5. The monoisotopic (exact) mass is 333 g/mol. The second-order valence-corrected chi connectivity index (χ2v) is 7.26. The SMILES string of the molecule is C[C@@H]1C(=O)N(c2ccc([N+](=O)[O-])cc2)CCN1C(=O)CC(C)(C)C. The summed E-state index contributed by atoms with van der Waals surface area (Å²) >= 11 is 0. The highest BCUT2D eigenvalue weighted by Gasteiger charge is 2.36. The van der Waals surface area contributed by atoms with Crippen molar-refractivity contribution in [2.45, 2.75) is 40.2 Å². The van der Waals surface area contributed by atoms with Gasteiger partial charge in [0.2, 0.25) is 11.8 Å². The van der Waals surface area contributed by atoms with Crippen molar-refractivity contribution < 1.29 is 14.5 Å². The topological polar surface area (TPSA) is 83.8 Å². The van der Waals surface area contributed by atoms with Gasteiger partial charge in [-0.1, -0.05) is 20.8 Å². The summed E-state index contributed by atoms with van der Waals surface area (Å²) in [6.45, 7) is 8.54. The van der Waals surface area contributed by atoms with Gasteiger partial charge >= 0.3 is 0 Å². The molecule has 0 radical (unpaired) electrons. The number of rotatable bonds is 3. The Hall–Kier alpha value is -2.44. The average molecular weight is 333 g/mol. The number of piperazine rings is 1. The minimum absolute atomic E-state index is 0.0155. The molecule has 2 amide bonds. The molecule has 2 rings (SSSR count). The third kappa shape index (κ3) is 3.90. The molecule has 7 nitrogen and oxygen atoms in total. The van der Waals surface area contributed by atoms with Gasteiger partial charge in [0.1, 0.15) is 6.04 Å². The lowest BCUT2D eigenvalue weighted by molar-refractivity contribution is -0.384. The lowest BCUT2D eigenvalue weighted by atomic mass is 9.91. The van der Waals surface area contributed by atoms with Gasteiger partial charge in [-0.2, -0.15) is 0 Å². The number of nitro groups is 1. The first kappa shape index (κ1) is 17.9. The van der Waals surface area contributed by atoms with E-state index in [1.165, 1.54) is 12.1 Å². The lowest BCUT2D eigenvalue weighted by Crippen LogP contribution is -2.58. The number of nitrogens with zero attached hydrogens (tertiary/aromatic N) is 3. The van der Waals surface area contributed by atoms with Gasteiger partial charge in [-0.3, -0.25) is 19.7 Å². The Kier molecular flexibility index (Phi) is 4.91. The number of carbonyl (C=O) groups is 2. The van der Waals surface area contributed by atoms with Crippen LogP contribution >= 0.6 is 0 Å². The molecule has 1 aromatic carbocycles. The molecule has 7 heteroatoms. The third-order valence-electron chi connectivity index (χ3n) is 4.03. The normalized spacial score (nSPS) is 18.7. The molecule has 1 atom stereocenters. The van der Waals surface area contributed by atoms with Crippen molar-refractivity contribution in [3.8, 4) is 0 Å². The van der Waals surface area contributed by atoms with Gasteiger partial charge in [0.15, 0.2) is 0 Å². The fraction of sp³-hybridized carbons (Fsp3) is 0.529. The highest BCUT2D eigenvalue weighted by molar-refractivity contribution is 6.00. The highest BCUT2D eigenvalue weighted by Crippen LogP contribution is 2.25. The summed E-state index contributed by atoms with van der Waals surface area (Å²) in [5.74, 6) is -0.191. The second kappa shape index (κ2) is 6.59. The quantitative estimate of drug-likeness (QED) is 0.629. The van der Waals surface area contributed by atoms with Crippen LogP contribution in [-0.2, 0) is 9.59 Å². The summed E-state index contributed by atoms with van der Waals surface area (Å²) in [7, 11) is 0. The maximum absolute atomic E-state index is 12.6. The van der Waals surface area contributed by atoms with Gasteiger partial charge in [-0.15, -0.1) is 0 Å². The van der Waals surface area contributed by atoms with E-state index in [4.69, 9.17) is 0 Å². The van der Waals surface area contributed by atoms with E-state index in [0.717, 1.165) is 0 Å². The zero-order valence-corrected chi connectivity index (χ0v) is 14.5. The zero-order chi connectivity index (χ0) is 18.1. The smallest absolute Gasteiger partial charge is 0.269 e. The molecule has 1 heterocycles. The molecule has 1 fully saturated rings. The van der Waals surface area contributed by atoms with Gasteiger partial charge in [0.25, 0.3) is 5.69 Å². The molecule has 0 bridgehead atoms.